The standard InChI is InChI=1S/C21H21F2N3O2S2/c1-14(30-10-20(27)15-3-6-17(29-2)7-4-15)21(28,11-26-13-24-12-25-26)18-8-5-16(22)9-19(18)23/h3-9,12-14,28H,10-11H2,1-2H3/t14-,21-/m1/s1. The summed E-state index contributed by atoms with van der Waals surface area (Å²) >= 11 is 2.79. The van der Waals surface area contributed by atoms with Crippen LogP contribution in [0.1, 0.15) is 22.8 Å². The van der Waals surface area contributed by atoms with Crippen LogP contribution < -0.4 is 0 Å². The summed E-state index contributed by atoms with van der Waals surface area (Å²) < 4.78 is 29.3. The van der Waals surface area contributed by atoms with Crippen LogP contribution in [-0.2, 0) is 12.1 Å². The van der Waals surface area contributed by atoms with Gasteiger partial charge in [-0.3, -0.25) is 4.79 Å². The van der Waals surface area contributed by atoms with Crippen molar-refractivity contribution in [2.45, 2.75) is 29.2 Å². The molecule has 0 saturated heterocycles. The Morgan fingerprint density at radius 1 is 1.23 bits per heavy atom. The Bertz CT molecular complexity index is 1000. The van der Waals surface area contributed by atoms with E-state index in [2.05, 4.69) is 10.1 Å². The van der Waals surface area contributed by atoms with E-state index >= 15 is 0 Å². The van der Waals surface area contributed by atoms with Crippen molar-refractivity contribution >= 4 is 29.3 Å². The fourth-order valence-corrected chi connectivity index (χ4v) is 4.49. The summed E-state index contributed by atoms with van der Waals surface area (Å²) in [5.74, 6) is -1.59. The summed E-state index contributed by atoms with van der Waals surface area (Å²) in [7, 11) is 0. The molecule has 9 heteroatoms. The van der Waals surface area contributed by atoms with Crippen molar-refractivity contribution in [1.29, 1.82) is 0 Å². The molecular formula is C21H21F2N3O2S2. The monoisotopic (exact) mass is 449 g/mol. The second kappa shape index (κ2) is 9.72. The van der Waals surface area contributed by atoms with Gasteiger partial charge in [-0.25, -0.2) is 18.4 Å². The van der Waals surface area contributed by atoms with E-state index in [1.54, 1.807) is 30.8 Å². The zero-order valence-corrected chi connectivity index (χ0v) is 18.1. The predicted molar refractivity (Wildman–Crippen MR) is 115 cm³/mol. The summed E-state index contributed by atoms with van der Waals surface area (Å²) in [6.07, 6.45) is 4.67. The molecular weight excluding hydrogens is 428 g/mol. The highest BCUT2D eigenvalue weighted by Gasteiger charge is 2.39. The van der Waals surface area contributed by atoms with Gasteiger partial charge in [0, 0.05) is 27.3 Å². The molecule has 0 amide bonds. The Morgan fingerprint density at radius 2 is 1.97 bits per heavy atom. The third kappa shape index (κ3) is 5.08. The SMILES string of the molecule is CSc1ccc(C(=O)CS[C@H](C)[C@](O)(Cn2cncn2)c2ccc(F)cc2F)cc1. The number of nitrogens with zero attached hydrogens (tertiary/aromatic N) is 3. The Kier molecular flexibility index (Phi) is 7.27. The van der Waals surface area contributed by atoms with Crippen LogP contribution >= 0.6 is 23.5 Å². The lowest BCUT2D eigenvalue weighted by molar-refractivity contribution is 0.0134. The van der Waals surface area contributed by atoms with Crippen LogP contribution in [0.2, 0.25) is 0 Å². The molecule has 2 aromatic carbocycles. The average Bonchev–Trinajstić information content (AvgIpc) is 3.24. The molecule has 0 aliphatic carbocycles. The van der Waals surface area contributed by atoms with Gasteiger partial charge in [0.1, 0.15) is 29.9 Å². The highest BCUT2D eigenvalue weighted by atomic mass is 32.2. The fraction of sp³-hybridized carbons (Fsp3) is 0.286. The smallest absolute Gasteiger partial charge is 0.172 e. The molecule has 0 saturated carbocycles. The summed E-state index contributed by atoms with van der Waals surface area (Å²) in [5, 5.41) is 14.8. The van der Waals surface area contributed by atoms with Gasteiger partial charge in [-0.2, -0.15) is 5.10 Å². The van der Waals surface area contributed by atoms with Crippen LogP contribution in [-0.4, -0.2) is 42.9 Å². The van der Waals surface area contributed by atoms with Crippen molar-refractivity contribution in [3.05, 3.63) is 77.9 Å². The lowest BCUT2D eigenvalue weighted by Gasteiger charge is -2.34. The molecule has 0 radical (unpaired) electrons. The molecule has 0 fully saturated rings. The van der Waals surface area contributed by atoms with E-state index in [1.165, 1.54) is 35.2 Å². The highest BCUT2D eigenvalue weighted by molar-refractivity contribution is 8.00. The van der Waals surface area contributed by atoms with Gasteiger partial charge in [0.05, 0.1) is 12.3 Å². The highest BCUT2D eigenvalue weighted by Crippen LogP contribution is 2.36. The number of thioether (sulfide) groups is 2. The van der Waals surface area contributed by atoms with Gasteiger partial charge >= 0.3 is 0 Å². The number of aromatic nitrogens is 3. The third-order valence-corrected chi connectivity index (χ3v) is 6.88. The van der Waals surface area contributed by atoms with E-state index in [9.17, 15) is 18.7 Å². The molecule has 158 valence electrons. The Hall–Kier alpha value is -2.23. The number of halogens is 2. The van der Waals surface area contributed by atoms with Crippen molar-refractivity contribution in [2.75, 3.05) is 12.0 Å². The predicted octanol–water partition coefficient (Wildman–Crippen LogP) is 4.17. The molecule has 2 atom stereocenters. The number of carbonyl (C=O) groups excluding carboxylic acids is 1. The molecule has 0 spiro atoms. The maximum atomic E-state index is 14.5. The van der Waals surface area contributed by atoms with Gasteiger partial charge in [0.25, 0.3) is 0 Å². The van der Waals surface area contributed by atoms with E-state index in [1.807, 2.05) is 18.4 Å². The van der Waals surface area contributed by atoms with E-state index in [4.69, 9.17) is 0 Å². The van der Waals surface area contributed by atoms with E-state index in [0.717, 1.165) is 17.0 Å². The summed E-state index contributed by atoms with van der Waals surface area (Å²) in [4.78, 5) is 17.5. The average molecular weight is 450 g/mol. The molecule has 0 bridgehead atoms. The van der Waals surface area contributed by atoms with E-state index < -0.39 is 22.5 Å². The molecule has 0 aliphatic rings. The van der Waals surface area contributed by atoms with E-state index in [-0.39, 0.29) is 23.6 Å². The van der Waals surface area contributed by atoms with Crippen LogP contribution in [0.4, 0.5) is 8.78 Å². The summed E-state index contributed by atoms with van der Waals surface area (Å²) in [6.45, 7) is 1.61. The Morgan fingerprint density at radius 3 is 2.57 bits per heavy atom. The first-order valence-corrected chi connectivity index (χ1v) is 11.4. The molecule has 5 nitrogen and oxygen atoms in total. The second-order valence-corrected chi connectivity index (χ2v) is 8.96. The maximum Gasteiger partial charge on any atom is 0.172 e. The first-order chi connectivity index (χ1) is 14.3. The molecule has 1 N–H and O–H groups in total. The molecule has 3 rings (SSSR count). The van der Waals surface area contributed by atoms with Crippen molar-refractivity contribution in [2.24, 2.45) is 0 Å². The van der Waals surface area contributed by atoms with Crippen LogP contribution in [0.5, 0.6) is 0 Å². The molecule has 3 aromatic rings. The molecule has 0 unspecified atom stereocenters. The fourth-order valence-electron chi connectivity index (χ4n) is 3.03. The van der Waals surface area contributed by atoms with Crippen molar-refractivity contribution < 1.29 is 18.7 Å². The number of hydrogen-bond acceptors (Lipinski definition) is 6. The Balaban J connectivity index is 1.80. The zero-order chi connectivity index (χ0) is 21.7. The zero-order valence-electron chi connectivity index (χ0n) is 16.5. The van der Waals surface area contributed by atoms with E-state index in [0.29, 0.717) is 5.56 Å². The number of carbonyl (C=O) groups is 1. The number of benzene rings is 2. The quantitative estimate of drug-likeness (QED) is 0.391. The number of hydrogen-bond donors (Lipinski definition) is 1. The first-order valence-electron chi connectivity index (χ1n) is 9.12. The van der Waals surface area contributed by atoms with Gasteiger partial charge in [0.15, 0.2) is 5.78 Å². The molecule has 30 heavy (non-hydrogen) atoms. The molecule has 1 aromatic heterocycles. The number of ketones is 1. The largest absolute Gasteiger partial charge is 0.382 e. The van der Waals surface area contributed by atoms with Crippen LogP contribution in [0, 0.1) is 11.6 Å². The molecule has 1 heterocycles. The van der Waals surface area contributed by atoms with Crippen LogP contribution in [0.15, 0.2) is 60.0 Å². The van der Waals surface area contributed by atoms with Crippen molar-refractivity contribution in [3.63, 3.8) is 0 Å². The maximum absolute atomic E-state index is 14.5. The minimum absolute atomic E-state index is 0.0591. The van der Waals surface area contributed by atoms with Gasteiger partial charge < -0.3 is 5.11 Å². The van der Waals surface area contributed by atoms with Gasteiger partial charge in [0.2, 0.25) is 0 Å². The van der Waals surface area contributed by atoms with Gasteiger partial charge in [-0.1, -0.05) is 25.1 Å². The van der Waals surface area contributed by atoms with Crippen LogP contribution in [0.25, 0.3) is 0 Å². The van der Waals surface area contributed by atoms with Gasteiger partial charge in [-0.05, 0) is 24.5 Å². The minimum atomic E-state index is -1.74. The first kappa shape index (κ1) is 22.5. The third-order valence-electron chi connectivity index (χ3n) is 4.82. The number of aliphatic hydroxyl groups is 1. The lowest BCUT2D eigenvalue weighted by Crippen LogP contribution is -2.41. The van der Waals surface area contributed by atoms with Crippen LogP contribution in [0.3, 0.4) is 0 Å². The number of Topliss-reactive ketones (excluding diaryl/α,β-unsaturated/α-hetero) is 1. The topological polar surface area (TPSA) is 68.0 Å². The lowest BCUT2D eigenvalue weighted by atomic mass is 9.90. The molecule has 0 aliphatic heterocycles. The second-order valence-electron chi connectivity index (χ2n) is 6.75. The minimum Gasteiger partial charge on any atom is -0.382 e. The number of rotatable bonds is 9. The van der Waals surface area contributed by atoms with Gasteiger partial charge in [-0.15, -0.1) is 23.5 Å². The van der Waals surface area contributed by atoms with Crippen molar-refractivity contribution in [1.82, 2.24) is 14.8 Å². The van der Waals surface area contributed by atoms with Crippen molar-refractivity contribution in [3.8, 4) is 0 Å². The summed E-state index contributed by atoms with van der Waals surface area (Å²) in [6, 6.07) is 10.3. The summed E-state index contributed by atoms with van der Waals surface area (Å²) in [5.41, 5.74) is -1.23. The normalized spacial score (nSPS) is 14.3. The Labute approximate surface area is 181 Å².